The first-order chi connectivity index (χ1) is 9.77. The predicted octanol–water partition coefficient (Wildman–Crippen LogP) is 0.631. The summed E-state index contributed by atoms with van der Waals surface area (Å²) in [5.74, 6) is -0.160. The lowest BCUT2D eigenvalue weighted by atomic mass is 10.1. The Labute approximate surface area is 125 Å². The zero-order valence-electron chi connectivity index (χ0n) is 12.5. The van der Waals surface area contributed by atoms with E-state index in [0.717, 1.165) is 11.8 Å². The predicted molar refractivity (Wildman–Crippen MR) is 80.6 cm³/mol. The number of nitrogens with two attached hydrogens (primary N) is 1. The Morgan fingerprint density at radius 3 is 2.33 bits per heavy atom. The zero-order valence-corrected chi connectivity index (χ0v) is 13.3. The summed E-state index contributed by atoms with van der Waals surface area (Å²) in [5.41, 5.74) is 6.30. The van der Waals surface area contributed by atoms with Crippen LogP contribution >= 0.6 is 0 Å². The molecule has 21 heavy (non-hydrogen) atoms. The van der Waals surface area contributed by atoms with Crippen LogP contribution in [-0.2, 0) is 19.4 Å². The first-order valence-electron chi connectivity index (χ1n) is 6.60. The molecule has 0 aliphatic heterocycles. The summed E-state index contributed by atoms with van der Waals surface area (Å²) in [6.07, 6.45) is 1.05. The highest BCUT2D eigenvalue weighted by Gasteiger charge is 2.15. The summed E-state index contributed by atoms with van der Waals surface area (Å²) in [6.45, 7) is 2.11. The van der Waals surface area contributed by atoms with Crippen LogP contribution in [0.3, 0.4) is 0 Å². The molecule has 0 aromatic heterocycles. The molecule has 118 valence electrons. The summed E-state index contributed by atoms with van der Waals surface area (Å²) in [7, 11) is -1.70. The highest BCUT2D eigenvalue weighted by Crippen LogP contribution is 2.16. The number of sulfone groups is 1. The molecule has 2 unspecified atom stereocenters. The first-order valence-corrected chi connectivity index (χ1v) is 8.49. The number of methoxy groups -OCH3 is 1. The van der Waals surface area contributed by atoms with Gasteiger partial charge in [-0.3, -0.25) is 4.79 Å². The van der Waals surface area contributed by atoms with Crippen molar-refractivity contribution in [1.82, 2.24) is 5.32 Å². The number of amides is 1. The molecule has 6 nitrogen and oxygen atoms in total. The number of hydrogen-bond donors (Lipinski definition) is 2. The van der Waals surface area contributed by atoms with Gasteiger partial charge in [0.25, 0.3) is 0 Å². The monoisotopic (exact) mass is 314 g/mol. The van der Waals surface area contributed by atoms with Crippen molar-refractivity contribution in [2.75, 3.05) is 19.9 Å². The standard InChI is InChI=1S/C14H22N2O4S/c1-10(16-14(17)8-12(9-15)20-2)11-4-6-13(7-5-11)21(3,18)19/h4-7,10,12H,8-9,15H2,1-3H3,(H,16,17). The van der Waals surface area contributed by atoms with Crippen molar-refractivity contribution < 1.29 is 17.9 Å². The van der Waals surface area contributed by atoms with E-state index in [1.165, 1.54) is 19.2 Å². The van der Waals surface area contributed by atoms with Crippen molar-refractivity contribution in [3.05, 3.63) is 29.8 Å². The van der Waals surface area contributed by atoms with E-state index in [1.807, 2.05) is 6.92 Å². The van der Waals surface area contributed by atoms with E-state index in [0.29, 0.717) is 0 Å². The van der Waals surface area contributed by atoms with Gasteiger partial charge in [0.1, 0.15) is 0 Å². The van der Waals surface area contributed by atoms with Crippen LogP contribution in [0.25, 0.3) is 0 Å². The molecule has 1 aromatic rings. The number of hydrogen-bond acceptors (Lipinski definition) is 5. The molecule has 0 aliphatic rings. The lowest BCUT2D eigenvalue weighted by Crippen LogP contribution is -2.33. The fraction of sp³-hybridized carbons (Fsp3) is 0.500. The maximum absolute atomic E-state index is 11.8. The smallest absolute Gasteiger partial charge is 0.223 e. The average Bonchev–Trinajstić information content (AvgIpc) is 2.43. The molecule has 0 heterocycles. The highest BCUT2D eigenvalue weighted by atomic mass is 32.2. The Morgan fingerprint density at radius 1 is 1.33 bits per heavy atom. The van der Waals surface area contributed by atoms with Gasteiger partial charge in [-0.15, -0.1) is 0 Å². The van der Waals surface area contributed by atoms with Crippen molar-refractivity contribution in [3.8, 4) is 0 Å². The molecular weight excluding hydrogens is 292 g/mol. The van der Waals surface area contributed by atoms with Gasteiger partial charge in [-0.2, -0.15) is 0 Å². The van der Waals surface area contributed by atoms with Crippen LogP contribution in [0.2, 0.25) is 0 Å². The largest absolute Gasteiger partial charge is 0.380 e. The number of ether oxygens (including phenoxy) is 1. The summed E-state index contributed by atoms with van der Waals surface area (Å²) >= 11 is 0. The first kappa shape index (κ1) is 17.6. The van der Waals surface area contributed by atoms with Gasteiger partial charge in [0.15, 0.2) is 9.84 Å². The second-order valence-corrected chi connectivity index (χ2v) is 6.94. The van der Waals surface area contributed by atoms with Gasteiger partial charge in [-0.1, -0.05) is 12.1 Å². The van der Waals surface area contributed by atoms with E-state index in [-0.39, 0.29) is 35.9 Å². The summed E-state index contributed by atoms with van der Waals surface area (Å²) in [4.78, 5) is 12.1. The Kier molecular flexibility index (Phi) is 6.32. The molecule has 1 aromatic carbocycles. The second kappa shape index (κ2) is 7.53. The molecule has 0 radical (unpaired) electrons. The lowest BCUT2D eigenvalue weighted by Gasteiger charge is -2.17. The van der Waals surface area contributed by atoms with Gasteiger partial charge >= 0.3 is 0 Å². The molecule has 0 fully saturated rings. The molecule has 0 saturated carbocycles. The highest BCUT2D eigenvalue weighted by molar-refractivity contribution is 7.90. The molecule has 0 bridgehead atoms. The number of carbonyl (C=O) groups excluding carboxylic acids is 1. The van der Waals surface area contributed by atoms with Crippen LogP contribution in [0, 0.1) is 0 Å². The van der Waals surface area contributed by atoms with E-state index in [2.05, 4.69) is 5.32 Å². The minimum Gasteiger partial charge on any atom is -0.380 e. The van der Waals surface area contributed by atoms with E-state index < -0.39 is 9.84 Å². The average molecular weight is 314 g/mol. The third-order valence-electron chi connectivity index (χ3n) is 3.20. The lowest BCUT2D eigenvalue weighted by molar-refractivity contribution is -0.124. The Balaban J connectivity index is 2.67. The summed E-state index contributed by atoms with van der Waals surface area (Å²) in [5, 5.41) is 2.83. The molecule has 3 N–H and O–H groups in total. The van der Waals surface area contributed by atoms with Crippen LogP contribution < -0.4 is 11.1 Å². The van der Waals surface area contributed by atoms with Crippen molar-refractivity contribution in [3.63, 3.8) is 0 Å². The zero-order chi connectivity index (χ0) is 16.0. The Bertz CT molecular complexity index is 565. The third kappa shape index (κ3) is 5.45. The van der Waals surface area contributed by atoms with Gasteiger partial charge in [-0.25, -0.2) is 8.42 Å². The maximum atomic E-state index is 11.8. The van der Waals surface area contributed by atoms with Crippen molar-refractivity contribution >= 4 is 15.7 Å². The third-order valence-corrected chi connectivity index (χ3v) is 4.32. The number of nitrogens with one attached hydrogen (secondary N) is 1. The van der Waals surface area contributed by atoms with Crippen LogP contribution in [0.4, 0.5) is 0 Å². The molecule has 7 heteroatoms. The van der Waals surface area contributed by atoms with E-state index in [9.17, 15) is 13.2 Å². The van der Waals surface area contributed by atoms with Gasteiger partial charge in [0, 0.05) is 19.9 Å². The number of rotatable bonds is 7. The SMILES string of the molecule is COC(CN)CC(=O)NC(C)c1ccc(S(C)(=O)=O)cc1. The molecule has 1 rings (SSSR count). The minimum atomic E-state index is -3.21. The van der Waals surface area contributed by atoms with E-state index in [4.69, 9.17) is 10.5 Å². The van der Waals surface area contributed by atoms with E-state index >= 15 is 0 Å². The van der Waals surface area contributed by atoms with Crippen LogP contribution in [0.15, 0.2) is 29.2 Å². The van der Waals surface area contributed by atoms with Crippen LogP contribution in [-0.4, -0.2) is 40.3 Å². The second-order valence-electron chi connectivity index (χ2n) is 4.93. The topological polar surface area (TPSA) is 98.5 Å². The number of benzene rings is 1. The van der Waals surface area contributed by atoms with Crippen LogP contribution in [0.1, 0.15) is 24.9 Å². The van der Waals surface area contributed by atoms with E-state index in [1.54, 1.807) is 12.1 Å². The molecule has 0 saturated heterocycles. The number of carbonyl (C=O) groups is 1. The molecule has 0 aliphatic carbocycles. The maximum Gasteiger partial charge on any atom is 0.223 e. The normalized spacial score (nSPS) is 14.5. The Hall–Kier alpha value is -1.44. The van der Waals surface area contributed by atoms with Gasteiger partial charge in [0.05, 0.1) is 23.5 Å². The van der Waals surface area contributed by atoms with Crippen LogP contribution in [0.5, 0.6) is 0 Å². The van der Waals surface area contributed by atoms with Gasteiger partial charge in [-0.05, 0) is 24.6 Å². The molecular formula is C14H22N2O4S. The minimum absolute atomic E-state index is 0.160. The molecule has 2 atom stereocenters. The van der Waals surface area contributed by atoms with Crippen molar-refractivity contribution in [2.45, 2.75) is 30.4 Å². The Morgan fingerprint density at radius 2 is 1.90 bits per heavy atom. The molecule has 1 amide bonds. The fourth-order valence-electron chi connectivity index (χ4n) is 1.86. The van der Waals surface area contributed by atoms with Gasteiger partial charge in [0.2, 0.25) is 5.91 Å². The quantitative estimate of drug-likeness (QED) is 0.769. The molecule has 0 spiro atoms. The van der Waals surface area contributed by atoms with Crippen molar-refractivity contribution in [1.29, 1.82) is 0 Å². The summed E-state index contributed by atoms with van der Waals surface area (Å²) in [6, 6.07) is 6.23. The fourth-order valence-corrected chi connectivity index (χ4v) is 2.49. The van der Waals surface area contributed by atoms with Crippen molar-refractivity contribution in [2.24, 2.45) is 5.73 Å². The van der Waals surface area contributed by atoms with Gasteiger partial charge < -0.3 is 15.8 Å². The summed E-state index contributed by atoms with van der Waals surface area (Å²) < 4.78 is 27.8.